The molecule has 0 bridgehead atoms. The molecule has 1 aromatic carbocycles. The van der Waals surface area contributed by atoms with E-state index in [1.807, 2.05) is 24.3 Å². The first-order valence-corrected chi connectivity index (χ1v) is 4.88. The fraction of sp³-hybridized carbons (Fsp3) is 0.300. The van der Waals surface area contributed by atoms with E-state index in [0.29, 0.717) is 12.4 Å². The van der Waals surface area contributed by atoms with Crippen molar-refractivity contribution in [3.05, 3.63) is 41.2 Å². The molecule has 2 aromatic rings. The summed E-state index contributed by atoms with van der Waals surface area (Å²) in [7, 11) is 1.65. The van der Waals surface area contributed by atoms with Gasteiger partial charge in [0.15, 0.2) is 5.82 Å². The van der Waals surface area contributed by atoms with Gasteiger partial charge in [0.05, 0.1) is 12.6 Å². The van der Waals surface area contributed by atoms with Crippen LogP contribution in [0.4, 0.5) is 0 Å². The number of ether oxygens (including phenoxy) is 1. The standard InChI is InChI=1S/C10H13N5O/c1-16-6-7-4-2-3-5-8(7)9(11)10-12-14-15-13-10/h2-5,9H,6,11H2,1H3,(H,12,13,14,15). The van der Waals surface area contributed by atoms with Crippen LogP contribution in [-0.4, -0.2) is 27.7 Å². The van der Waals surface area contributed by atoms with Crippen LogP contribution in [0.5, 0.6) is 0 Å². The zero-order chi connectivity index (χ0) is 11.4. The summed E-state index contributed by atoms with van der Waals surface area (Å²) in [6.07, 6.45) is 0. The lowest BCUT2D eigenvalue weighted by molar-refractivity contribution is 0.184. The van der Waals surface area contributed by atoms with E-state index in [1.54, 1.807) is 7.11 Å². The van der Waals surface area contributed by atoms with Crippen molar-refractivity contribution >= 4 is 0 Å². The number of nitrogens with one attached hydrogen (secondary N) is 1. The van der Waals surface area contributed by atoms with Crippen LogP contribution < -0.4 is 5.73 Å². The van der Waals surface area contributed by atoms with Crippen molar-refractivity contribution in [3.8, 4) is 0 Å². The Morgan fingerprint density at radius 3 is 2.94 bits per heavy atom. The van der Waals surface area contributed by atoms with Crippen LogP contribution in [0, 0.1) is 0 Å². The number of methoxy groups -OCH3 is 1. The lowest BCUT2D eigenvalue weighted by Crippen LogP contribution is -2.16. The highest BCUT2D eigenvalue weighted by Crippen LogP contribution is 2.20. The Labute approximate surface area is 92.8 Å². The summed E-state index contributed by atoms with van der Waals surface area (Å²) in [5.41, 5.74) is 8.03. The highest BCUT2D eigenvalue weighted by molar-refractivity contribution is 5.32. The third kappa shape index (κ3) is 2.07. The van der Waals surface area contributed by atoms with Crippen molar-refractivity contribution in [2.45, 2.75) is 12.6 Å². The lowest BCUT2D eigenvalue weighted by atomic mass is 10.0. The highest BCUT2D eigenvalue weighted by Gasteiger charge is 2.16. The third-order valence-electron chi connectivity index (χ3n) is 2.33. The van der Waals surface area contributed by atoms with Gasteiger partial charge in [-0.3, -0.25) is 0 Å². The number of hydrogen-bond donors (Lipinski definition) is 2. The molecule has 2 rings (SSSR count). The first kappa shape index (κ1) is 10.7. The maximum atomic E-state index is 6.05. The van der Waals surface area contributed by atoms with E-state index in [9.17, 15) is 0 Å². The minimum atomic E-state index is -0.384. The van der Waals surface area contributed by atoms with E-state index >= 15 is 0 Å². The molecule has 6 nitrogen and oxygen atoms in total. The number of aromatic nitrogens is 4. The third-order valence-corrected chi connectivity index (χ3v) is 2.33. The van der Waals surface area contributed by atoms with E-state index < -0.39 is 0 Å². The SMILES string of the molecule is COCc1ccccc1C(N)c1nn[nH]n1. The largest absolute Gasteiger partial charge is 0.380 e. The summed E-state index contributed by atoms with van der Waals surface area (Å²) < 4.78 is 5.12. The fourth-order valence-electron chi connectivity index (χ4n) is 1.56. The van der Waals surface area contributed by atoms with Crippen LogP contribution in [0.15, 0.2) is 24.3 Å². The van der Waals surface area contributed by atoms with E-state index in [2.05, 4.69) is 20.6 Å². The van der Waals surface area contributed by atoms with Gasteiger partial charge in [0.25, 0.3) is 0 Å². The Kier molecular flexibility index (Phi) is 3.23. The number of hydrogen-bond acceptors (Lipinski definition) is 5. The molecule has 0 aliphatic heterocycles. The monoisotopic (exact) mass is 219 g/mol. The van der Waals surface area contributed by atoms with Gasteiger partial charge in [0.1, 0.15) is 0 Å². The summed E-state index contributed by atoms with van der Waals surface area (Å²) in [6.45, 7) is 0.516. The fourth-order valence-corrected chi connectivity index (χ4v) is 1.56. The van der Waals surface area contributed by atoms with Gasteiger partial charge in [-0.05, 0) is 11.1 Å². The minimum absolute atomic E-state index is 0.384. The van der Waals surface area contributed by atoms with Gasteiger partial charge in [0, 0.05) is 7.11 Å². The van der Waals surface area contributed by atoms with Gasteiger partial charge in [-0.2, -0.15) is 5.21 Å². The van der Waals surface area contributed by atoms with Crippen LogP contribution in [0.3, 0.4) is 0 Å². The smallest absolute Gasteiger partial charge is 0.195 e. The second-order valence-electron chi connectivity index (χ2n) is 3.38. The normalized spacial score (nSPS) is 12.6. The topological polar surface area (TPSA) is 89.7 Å². The van der Waals surface area contributed by atoms with Crippen molar-refractivity contribution in [2.24, 2.45) is 5.73 Å². The number of nitrogens with zero attached hydrogens (tertiary/aromatic N) is 3. The Hall–Kier alpha value is -1.79. The number of rotatable bonds is 4. The van der Waals surface area contributed by atoms with E-state index in [0.717, 1.165) is 11.1 Å². The number of aromatic amines is 1. The van der Waals surface area contributed by atoms with Crippen LogP contribution in [0.1, 0.15) is 23.0 Å². The van der Waals surface area contributed by atoms with Crippen LogP contribution >= 0.6 is 0 Å². The maximum Gasteiger partial charge on any atom is 0.195 e. The summed E-state index contributed by atoms with van der Waals surface area (Å²) >= 11 is 0. The molecule has 3 N–H and O–H groups in total. The predicted molar refractivity (Wildman–Crippen MR) is 57.4 cm³/mol. The molecule has 0 aliphatic carbocycles. The minimum Gasteiger partial charge on any atom is -0.380 e. The molecular weight excluding hydrogens is 206 g/mol. The average Bonchev–Trinajstić information content (AvgIpc) is 2.83. The Balaban J connectivity index is 2.32. The molecule has 0 radical (unpaired) electrons. The number of benzene rings is 1. The molecule has 0 aliphatic rings. The first-order chi connectivity index (χ1) is 7.83. The summed E-state index contributed by atoms with van der Waals surface area (Å²) in [5, 5.41) is 13.6. The molecule has 1 aromatic heterocycles. The molecule has 1 atom stereocenters. The van der Waals surface area contributed by atoms with Crippen molar-refractivity contribution in [1.82, 2.24) is 20.6 Å². The maximum absolute atomic E-state index is 6.05. The van der Waals surface area contributed by atoms with E-state index in [4.69, 9.17) is 10.5 Å². The Morgan fingerprint density at radius 2 is 2.25 bits per heavy atom. The van der Waals surface area contributed by atoms with Crippen LogP contribution in [-0.2, 0) is 11.3 Å². The average molecular weight is 219 g/mol. The summed E-state index contributed by atoms with van der Waals surface area (Å²) in [6, 6.07) is 7.40. The molecule has 84 valence electrons. The van der Waals surface area contributed by atoms with Gasteiger partial charge in [-0.1, -0.05) is 29.5 Å². The highest BCUT2D eigenvalue weighted by atomic mass is 16.5. The zero-order valence-corrected chi connectivity index (χ0v) is 8.92. The summed E-state index contributed by atoms with van der Waals surface area (Å²) in [4.78, 5) is 0. The predicted octanol–water partition coefficient (Wildman–Crippen LogP) is 0.394. The molecule has 0 amide bonds. The Bertz CT molecular complexity index is 442. The Morgan fingerprint density at radius 1 is 1.44 bits per heavy atom. The molecule has 1 unspecified atom stereocenters. The number of tetrazole rings is 1. The molecule has 0 saturated carbocycles. The second-order valence-corrected chi connectivity index (χ2v) is 3.38. The molecule has 0 fully saturated rings. The van der Waals surface area contributed by atoms with Gasteiger partial charge < -0.3 is 10.5 Å². The molecule has 16 heavy (non-hydrogen) atoms. The molecule has 0 spiro atoms. The van der Waals surface area contributed by atoms with Gasteiger partial charge in [-0.15, -0.1) is 10.2 Å². The first-order valence-electron chi connectivity index (χ1n) is 4.88. The van der Waals surface area contributed by atoms with Crippen molar-refractivity contribution in [3.63, 3.8) is 0 Å². The van der Waals surface area contributed by atoms with E-state index in [-0.39, 0.29) is 6.04 Å². The zero-order valence-electron chi connectivity index (χ0n) is 8.92. The second kappa shape index (κ2) is 4.82. The van der Waals surface area contributed by atoms with Gasteiger partial charge in [0.2, 0.25) is 0 Å². The molecule has 0 saturated heterocycles. The quantitative estimate of drug-likeness (QED) is 0.776. The van der Waals surface area contributed by atoms with Crippen LogP contribution in [0.2, 0.25) is 0 Å². The lowest BCUT2D eigenvalue weighted by Gasteiger charge is -2.12. The molecule has 6 heteroatoms. The van der Waals surface area contributed by atoms with Gasteiger partial charge in [-0.25, -0.2) is 0 Å². The number of H-pyrrole nitrogens is 1. The van der Waals surface area contributed by atoms with Gasteiger partial charge >= 0.3 is 0 Å². The van der Waals surface area contributed by atoms with E-state index in [1.165, 1.54) is 0 Å². The summed E-state index contributed by atoms with van der Waals surface area (Å²) in [5.74, 6) is 0.476. The number of nitrogens with two attached hydrogens (primary N) is 1. The molecular formula is C10H13N5O. The molecule has 1 heterocycles. The van der Waals surface area contributed by atoms with Crippen LogP contribution in [0.25, 0.3) is 0 Å². The van der Waals surface area contributed by atoms with Crippen molar-refractivity contribution in [2.75, 3.05) is 7.11 Å². The van der Waals surface area contributed by atoms with Crippen molar-refractivity contribution in [1.29, 1.82) is 0 Å². The van der Waals surface area contributed by atoms with Crippen molar-refractivity contribution < 1.29 is 4.74 Å².